The SMILES string of the molecule is COC1=C(NC(C)=O)C(=O)c2nc(-c3cnc(OC)nc3)ccc2C1=O. The van der Waals surface area contributed by atoms with Gasteiger partial charge in [-0.1, -0.05) is 0 Å². The minimum absolute atomic E-state index is 0.0760. The van der Waals surface area contributed by atoms with Crippen LogP contribution in [0.4, 0.5) is 0 Å². The molecule has 0 radical (unpaired) electrons. The second-order valence-electron chi connectivity index (χ2n) is 5.30. The quantitative estimate of drug-likeness (QED) is 0.860. The average molecular weight is 354 g/mol. The van der Waals surface area contributed by atoms with Crippen molar-refractivity contribution in [1.82, 2.24) is 20.3 Å². The first kappa shape index (κ1) is 17.2. The summed E-state index contributed by atoms with van der Waals surface area (Å²) in [6.07, 6.45) is 2.97. The van der Waals surface area contributed by atoms with E-state index < -0.39 is 17.5 Å². The number of carbonyl (C=O) groups is 3. The summed E-state index contributed by atoms with van der Waals surface area (Å²) in [7, 11) is 2.70. The molecular formula is C17H14N4O5. The summed E-state index contributed by atoms with van der Waals surface area (Å²) in [5.74, 6) is -1.86. The Morgan fingerprint density at radius 1 is 1.04 bits per heavy atom. The van der Waals surface area contributed by atoms with Crippen LogP contribution in [-0.2, 0) is 9.53 Å². The van der Waals surface area contributed by atoms with Crippen LogP contribution < -0.4 is 10.1 Å². The Kier molecular flexibility index (Phi) is 4.44. The lowest BCUT2D eigenvalue weighted by Gasteiger charge is -2.19. The summed E-state index contributed by atoms with van der Waals surface area (Å²) in [5, 5.41) is 2.34. The molecular weight excluding hydrogens is 340 g/mol. The maximum Gasteiger partial charge on any atom is 0.316 e. The van der Waals surface area contributed by atoms with Gasteiger partial charge in [-0.05, 0) is 12.1 Å². The van der Waals surface area contributed by atoms with Crippen LogP contribution in [0, 0.1) is 0 Å². The minimum Gasteiger partial charge on any atom is -0.491 e. The summed E-state index contributed by atoms with van der Waals surface area (Å²) in [6.45, 7) is 1.23. The standard InChI is InChI=1S/C17H14N4O5/c1-8(22)20-13-15(24)12-10(14(23)16(13)25-2)4-5-11(21-12)9-6-18-17(26-3)19-7-9/h4-7H,1-3H3,(H,20,22). The third-order valence-electron chi connectivity index (χ3n) is 3.63. The Labute approximate surface area is 148 Å². The number of Topliss-reactive ketones (excluding diaryl/α,β-unsaturated/α-hetero) is 2. The number of aromatic nitrogens is 3. The van der Waals surface area contributed by atoms with Gasteiger partial charge in [0.15, 0.2) is 5.76 Å². The first-order valence-electron chi connectivity index (χ1n) is 7.49. The number of pyridine rings is 1. The number of ketones is 2. The van der Waals surface area contributed by atoms with Crippen molar-refractivity contribution in [2.24, 2.45) is 0 Å². The molecule has 0 unspecified atom stereocenters. The molecule has 1 amide bonds. The zero-order valence-corrected chi connectivity index (χ0v) is 14.2. The fraction of sp³-hybridized carbons (Fsp3) is 0.176. The van der Waals surface area contributed by atoms with Gasteiger partial charge in [0.2, 0.25) is 17.5 Å². The average Bonchev–Trinajstić information content (AvgIpc) is 2.65. The summed E-state index contributed by atoms with van der Waals surface area (Å²) < 4.78 is 9.92. The van der Waals surface area contributed by atoms with Gasteiger partial charge in [-0.2, -0.15) is 0 Å². The lowest BCUT2D eigenvalue weighted by Crippen LogP contribution is -2.34. The molecule has 9 heteroatoms. The molecule has 0 aromatic carbocycles. The van der Waals surface area contributed by atoms with E-state index >= 15 is 0 Å². The van der Waals surface area contributed by atoms with Gasteiger partial charge in [0, 0.05) is 24.9 Å². The van der Waals surface area contributed by atoms with Crippen LogP contribution in [0.2, 0.25) is 0 Å². The van der Waals surface area contributed by atoms with Crippen molar-refractivity contribution in [1.29, 1.82) is 0 Å². The highest BCUT2D eigenvalue weighted by atomic mass is 16.5. The van der Waals surface area contributed by atoms with E-state index in [9.17, 15) is 14.4 Å². The van der Waals surface area contributed by atoms with E-state index in [1.165, 1.54) is 39.6 Å². The Morgan fingerprint density at radius 3 is 2.31 bits per heavy atom. The molecule has 0 aliphatic heterocycles. The van der Waals surface area contributed by atoms with E-state index in [0.29, 0.717) is 11.3 Å². The first-order valence-corrected chi connectivity index (χ1v) is 7.49. The van der Waals surface area contributed by atoms with Gasteiger partial charge in [0.25, 0.3) is 0 Å². The first-order chi connectivity index (χ1) is 12.5. The summed E-state index contributed by atoms with van der Waals surface area (Å²) in [4.78, 5) is 48.9. The number of fused-ring (bicyclic) bond motifs is 1. The predicted molar refractivity (Wildman–Crippen MR) is 88.3 cm³/mol. The number of carbonyl (C=O) groups excluding carboxylic acids is 3. The van der Waals surface area contributed by atoms with Crippen molar-refractivity contribution < 1.29 is 23.9 Å². The molecule has 2 aromatic heterocycles. The molecule has 0 saturated heterocycles. The Morgan fingerprint density at radius 2 is 1.73 bits per heavy atom. The third kappa shape index (κ3) is 2.90. The number of rotatable bonds is 4. The van der Waals surface area contributed by atoms with Crippen LogP contribution in [0.3, 0.4) is 0 Å². The normalized spacial score (nSPS) is 13.3. The Bertz CT molecular complexity index is 950. The number of allylic oxidation sites excluding steroid dienone is 2. The number of nitrogens with one attached hydrogen (secondary N) is 1. The summed E-state index contributed by atoms with van der Waals surface area (Å²) >= 11 is 0. The molecule has 0 fully saturated rings. The molecule has 1 aliphatic carbocycles. The summed E-state index contributed by atoms with van der Waals surface area (Å²) in [5.41, 5.74) is 0.729. The number of hydrogen-bond donors (Lipinski definition) is 1. The van der Waals surface area contributed by atoms with Crippen LogP contribution in [0.1, 0.15) is 27.8 Å². The van der Waals surface area contributed by atoms with E-state index in [4.69, 9.17) is 9.47 Å². The van der Waals surface area contributed by atoms with Gasteiger partial charge in [0.05, 0.1) is 25.5 Å². The van der Waals surface area contributed by atoms with Crippen molar-refractivity contribution in [3.05, 3.63) is 47.2 Å². The van der Waals surface area contributed by atoms with E-state index in [-0.39, 0.29) is 28.7 Å². The fourth-order valence-corrected chi connectivity index (χ4v) is 2.47. The second kappa shape index (κ2) is 6.71. The number of methoxy groups -OCH3 is 2. The molecule has 1 aliphatic rings. The van der Waals surface area contributed by atoms with Crippen LogP contribution in [0.25, 0.3) is 11.3 Å². The van der Waals surface area contributed by atoms with Crippen LogP contribution in [-0.4, -0.2) is 46.6 Å². The van der Waals surface area contributed by atoms with Gasteiger partial charge in [-0.25, -0.2) is 15.0 Å². The van der Waals surface area contributed by atoms with Crippen molar-refractivity contribution >= 4 is 17.5 Å². The molecule has 9 nitrogen and oxygen atoms in total. The summed E-state index contributed by atoms with van der Waals surface area (Å²) in [6, 6.07) is 3.25. The number of ether oxygens (including phenoxy) is 2. The second-order valence-corrected chi connectivity index (χ2v) is 5.30. The smallest absolute Gasteiger partial charge is 0.316 e. The van der Waals surface area contributed by atoms with E-state index in [1.54, 1.807) is 6.07 Å². The maximum absolute atomic E-state index is 12.7. The number of amides is 1. The number of hydrogen-bond acceptors (Lipinski definition) is 8. The molecule has 0 spiro atoms. The Balaban J connectivity index is 2.08. The third-order valence-corrected chi connectivity index (χ3v) is 3.63. The van der Waals surface area contributed by atoms with Crippen molar-refractivity contribution in [2.75, 3.05) is 14.2 Å². The highest BCUT2D eigenvalue weighted by molar-refractivity contribution is 6.26. The zero-order chi connectivity index (χ0) is 18.8. The molecule has 1 N–H and O–H groups in total. The number of nitrogens with zero attached hydrogens (tertiary/aromatic N) is 3. The van der Waals surface area contributed by atoms with Crippen LogP contribution in [0.5, 0.6) is 6.01 Å². The van der Waals surface area contributed by atoms with Crippen molar-refractivity contribution in [3.8, 4) is 17.3 Å². The highest BCUT2D eigenvalue weighted by Crippen LogP contribution is 2.27. The molecule has 0 atom stereocenters. The minimum atomic E-state index is -0.608. The fourth-order valence-electron chi connectivity index (χ4n) is 2.47. The highest BCUT2D eigenvalue weighted by Gasteiger charge is 2.35. The van der Waals surface area contributed by atoms with E-state index in [1.807, 2.05) is 0 Å². The molecule has 0 bridgehead atoms. The lowest BCUT2D eigenvalue weighted by molar-refractivity contribution is -0.118. The predicted octanol–water partition coefficient (Wildman–Crippen LogP) is 0.920. The molecule has 2 heterocycles. The molecule has 0 saturated carbocycles. The van der Waals surface area contributed by atoms with Gasteiger partial charge >= 0.3 is 6.01 Å². The molecule has 132 valence electrons. The lowest BCUT2D eigenvalue weighted by atomic mass is 9.94. The monoisotopic (exact) mass is 354 g/mol. The Hall–Kier alpha value is -3.62. The topological polar surface area (TPSA) is 120 Å². The van der Waals surface area contributed by atoms with E-state index in [0.717, 1.165) is 0 Å². The molecule has 26 heavy (non-hydrogen) atoms. The van der Waals surface area contributed by atoms with Gasteiger partial charge in [0.1, 0.15) is 11.4 Å². The molecule has 2 aromatic rings. The van der Waals surface area contributed by atoms with Crippen molar-refractivity contribution in [2.45, 2.75) is 6.92 Å². The van der Waals surface area contributed by atoms with Crippen molar-refractivity contribution in [3.63, 3.8) is 0 Å². The largest absolute Gasteiger partial charge is 0.491 e. The van der Waals surface area contributed by atoms with Gasteiger partial charge in [-0.3, -0.25) is 14.4 Å². The van der Waals surface area contributed by atoms with Gasteiger partial charge in [-0.15, -0.1) is 0 Å². The van der Waals surface area contributed by atoms with Crippen LogP contribution >= 0.6 is 0 Å². The molecule has 3 rings (SSSR count). The van der Waals surface area contributed by atoms with Crippen LogP contribution in [0.15, 0.2) is 36.0 Å². The maximum atomic E-state index is 12.7. The van der Waals surface area contributed by atoms with Gasteiger partial charge < -0.3 is 14.8 Å². The van der Waals surface area contributed by atoms with E-state index in [2.05, 4.69) is 20.3 Å². The zero-order valence-electron chi connectivity index (χ0n) is 14.2.